The minimum Gasteiger partial charge on any atom is -0.467 e. The van der Waals surface area contributed by atoms with E-state index in [2.05, 4.69) is 4.98 Å². The molecule has 0 saturated carbocycles. The Kier molecular flexibility index (Phi) is 6.87. The van der Waals surface area contributed by atoms with E-state index in [0.29, 0.717) is 47.4 Å². The molecule has 1 aliphatic heterocycles. The Bertz CT molecular complexity index is 1480. The SMILES string of the molecule is CN(c1ccccc1)S(=O)(=O)c1ccc(C(=O)N2CCC(Oc3nc4c(Cl)cccc4s3)CC2)cc1. The summed E-state index contributed by atoms with van der Waals surface area (Å²) in [5.41, 5.74) is 1.76. The topological polar surface area (TPSA) is 79.8 Å². The molecule has 0 bridgehead atoms. The maximum atomic E-state index is 13.0. The Balaban J connectivity index is 1.20. The third-order valence-electron chi connectivity index (χ3n) is 6.23. The normalized spacial score (nSPS) is 14.7. The number of sulfonamides is 1. The number of aromatic nitrogens is 1. The highest BCUT2D eigenvalue weighted by Crippen LogP contribution is 2.33. The van der Waals surface area contributed by atoms with Crippen LogP contribution in [0.5, 0.6) is 5.19 Å². The number of fused-ring (bicyclic) bond motifs is 1. The molecule has 1 saturated heterocycles. The highest BCUT2D eigenvalue weighted by atomic mass is 35.5. The third kappa shape index (κ3) is 4.91. The lowest BCUT2D eigenvalue weighted by molar-refractivity contribution is 0.0595. The first kappa shape index (κ1) is 24.5. The number of amides is 1. The average Bonchev–Trinajstić information content (AvgIpc) is 3.33. The maximum Gasteiger partial charge on any atom is 0.274 e. The lowest BCUT2D eigenvalue weighted by Crippen LogP contribution is -2.41. The van der Waals surface area contributed by atoms with E-state index in [1.54, 1.807) is 47.4 Å². The van der Waals surface area contributed by atoms with Crippen LogP contribution in [-0.2, 0) is 10.0 Å². The molecule has 0 aliphatic carbocycles. The van der Waals surface area contributed by atoms with Crippen LogP contribution >= 0.6 is 22.9 Å². The van der Waals surface area contributed by atoms with Crippen LogP contribution in [0.2, 0.25) is 5.02 Å². The molecule has 0 N–H and O–H groups in total. The summed E-state index contributed by atoms with van der Waals surface area (Å²) in [6.45, 7) is 1.10. The summed E-state index contributed by atoms with van der Waals surface area (Å²) >= 11 is 7.67. The molecule has 0 atom stereocenters. The van der Waals surface area contributed by atoms with Gasteiger partial charge in [-0.05, 0) is 48.5 Å². The molecular weight excluding hydrogens is 518 g/mol. The van der Waals surface area contributed by atoms with Crippen molar-refractivity contribution < 1.29 is 17.9 Å². The third-order valence-corrected chi connectivity index (χ3v) is 9.24. The fourth-order valence-electron chi connectivity index (χ4n) is 4.15. The molecule has 0 spiro atoms. The molecule has 4 aromatic rings. The number of ether oxygens (including phenoxy) is 1. The fraction of sp³-hybridized carbons (Fsp3) is 0.231. The lowest BCUT2D eigenvalue weighted by atomic mass is 10.1. The van der Waals surface area contributed by atoms with Gasteiger partial charge in [0.2, 0.25) is 0 Å². The summed E-state index contributed by atoms with van der Waals surface area (Å²) < 4.78 is 34.3. The number of anilines is 1. The number of carbonyl (C=O) groups excluding carboxylic acids is 1. The zero-order valence-electron chi connectivity index (χ0n) is 19.5. The highest BCUT2D eigenvalue weighted by molar-refractivity contribution is 7.92. The van der Waals surface area contributed by atoms with Crippen molar-refractivity contribution in [2.24, 2.45) is 0 Å². The number of likely N-dealkylation sites (tertiary alicyclic amines) is 1. The van der Waals surface area contributed by atoms with Crippen molar-refractivity contribution in [3.63, 3.8) is 0 Å². The van der Waals surface area contributed by atoms with Crippen molar-refractivity contribution in [1.82, 2.24) is 9.88 Å². The summed E-state index contributed by atoms with van der Waals surface area (Å²) in [6.07, 6.45) is 1.34. The number of thiazole rings is 1. The predicted octanol–water partition coefficient (Wildman–Crippen LogP) is 5.46. The van der Waals surface area contributed by atoms with Gasteiger partial charge in [-0.25, -0.2) is 13.4 Å². The molecule has 2 heterocycles. The largest absolute Gasteiger partial charge is 0.467 e. The van der Waals surface area contributed by atoms with E-state index in [9.17, 15) is 13.2 Å². The quantitative estimate of drug-likeness (QED) is 0.324. The Morgan fingerprint density at radius 1 is 1.03 bits per heavy atom. The number of halogens is 1. The summed E-state index contributed by atoms with van der Waals surface area (Å²) in [6, 6.07) is 20.6. The van der Waals surface area contributed by atoms with Crippen LogP contribution in [0.25, 0.3) is 10.2 Å². The zero-order chi connectivity index (χ0) is 25.3. The average molecular weight is 542 g/mol. The number of hydrogen-bond acceptors (Lipinski definition) is 6. The lowest BCUT2D eigenvalue weighted by Gasteiger charge is -2.31. The van der Waals surface area contributed by atoms with Gasteiger partial charge in [-0.15, -0.1) is 0 Å². The van der Waals surface area contributed by atoms with Crippen LogP contribution in [0, 0.1) is 0 Å². The van der Waals surface area contributed by atoms with Gasteiger partial charge in [0, 0.05) is 38.5 Å². The fourth-order valence-corrected chi connectivity index (χ4v) is 6.53. The van der Waals surface area contributed by atoms with Gasteiger partial charge in [-0.2, -0.15) is 0 Å². The van der Waals surface area contributed by atoms with Crippen molar-refractivity contribution in [3.8, 4) is 5.19 Å². The van der Waals surface area contributed by atoms with Gasteiger partial charge in [0.05, 0.1) is 20.3 Å². The van der Waals surface area contributed by atoms with E-state index < -0.39 is 10.0 Å². The number of rotatable bonds is 6. The van der Waals surface area contributed by atoms with Crippen molar-refractivity contribution in [3.05, 3.63) is 83.4 Å². The summed E-state index contributed by atoms with van der Waals surface area (Å²) in [5.74, 6) is -0.124. The van der Waals surface area contributed by atoms with Crippen LogP contribution in [-0.4, -0.2) is 50.5 Å². The number of nitrogens with zero attached hydrogens (tertiary/aromatic N) is 3. The van der Waals surface area contributed by atoms with Crippen molar-refractivity contribution in [1.29, 1.82) is 0 Å². The van der Waals surface area contributed by atoms with Crippen LogP contribution < -0.4 is 9.04 Å². The van der Waals surface area contributed by atoms with E-state index >= 15 is 0 Å². The molecule has 0 radical (unpaired) electrons. The number of piperidine rings is 1. The van der Waals surface area contributed by atoms with Gasteiger partial charge in [-0.3, -0.25) is 9.10 Å². The summed E-state index contributed by atoms with van der Waals surface area (Å²) in [4.78, 5) is 19.4. The van der Waals surface area contributed by atoms with Gasteiger partial charge in [-0.1, -0.05) is 47.2 Å². The van der Waals surface area contributed by atoms with Crippen molar-refractivity contribution in [2.75, 3.05) is 24.4 Å². The van der Waals surface area contributed by atoms with Crippen molar-refractivity contribution >= 4 is 54.8 Å². The second-order valence-electron chi connectivity index (χ2n) is 8.51. The smallest absolute Gasteiger partial charge is 0.274 e. The predicted molar refractivity (Wildman–Crippen MR) is 143 cm³/mol. The minimum atomic E-state index is -3.73. The van der Waals surface area contributed by atoms with E-state index in [4.69, 9.17) is 16.3 Å². The molecule has 1 fully saturated rings. The highest BCUT2D eigenvalue weighted by Gasteiger charge is 2.27. The van der Waals surface area contributed by atoms with Crippen LogP contribution in [0.1, 0.15) is 23.2 Å². The maximum absolute atomic E-state index is 13.0. The number of hydrogen-bond donors (Lipinski definition) is 0. The van der Waals surface area contributed by atoms with Gasteiger partial charge < -0.3 is 9.64 Å². The van der Waals surface area contributed by atoms with Gasteiger partial charge in [0.25, 0.3) is 21.1 Å². The monoisotopic (exact) mass is 541 g/mol. The molecule has 36 heavy (non-hydrogen) atoms. The van der Waals surface area contributed by atoms with Crippen LogP contribution in [0.4, 0.5) is 5.69 Å². The first-order valence-corrected chi connectivity index (χ1v) is 14.1. The molecule has 1 aromatic heterocycles. The minimum absolute atomic E-state index is 0.0329. The Labute approximate surface area is 218 Å². The van der Waals surface area contributed by atoms with Gasteiger partial charge >= 0.3 is 0 Å². The molecule has 0 unspecified atom stereocenters. The standard InChI is InChI=1S/C26H24ClN3O4S2/c1-29(19-6-3-2-4-7-19)36(32,33)21-12-10-18(11-13-21)25(31)30-16-14-20(15-17-30)34-26-28-24-22(27)8-5-9-23(24)35-26/h2-13,20H,14-17H2,1H3. The van der Waals surface area contributed by atoms with E-state index in [0.717, 1.165) is 10.2 Å². The van der Waals surface area contributed by atoms with Gasteiger partial charge in [0.15, 0.2) is 0 Å². The zero-order valence-corrected chi connectivity index (χ0v) is 21.9. The summed E-state index contributed by atoms with van der Waals surface area (Å²) in [7, 11) is -2.22. The Morgan fingerprint density at radius 3 is 2.39 bits per heavy atom. The van der Waals surface area contributed by atoms with Crippen LogP contribution in [0.3, 0.4) is 0 Å². The number of carbonyl (C=O) groups is 1. The van der Waals surface area contributed by atoms with E-state index in [1.165, 1.54) is 34.8 Å². The second-order valence-corrected chi connectivity index (χ2v) is 11.9. The molecule has 3 aromatic carbocycles. The summed E-state index contributed by atoms with van der Waals surface area (Å²) in [5, 5.41) is 1.18. The van der Waals surface area contributed by atoms with Gasteiger partial charge in [0.1, 0.15) is 11.6 Å². The molecular formula is C26H24ClN3O4S2. The molecule has 186 valence electrons. The molecule has 10 heteroatoms. The molecule has 7 nitrogen and oxygen atoms in total. The van der Waals surface area contributed by atoms with Crippen LogP contribution in [0.15, 0.2) is 77.7 Å². The molecule has 1 aliphatic rings. The first-order chi connectivity index (χ1) is 17.3. The Morgan fingerprint density at radius 2 is 1.72 bits per heavy atom. The second kappa shape index (κ2) is 10.1. The number of para-hydroxylation sites is 2. The first-order valence-electron chi connectivity index (χ1n) is 11.5. The van der Waals surface area contributed by atoms with E-state index in [-0.39, 0.29) is 16.9 Å². The Hall–Kier alpha value is -3.14. The number of benzene rings is 3. The van der Waals surface area contributed by atoms with Crippen molar-refractivity contribution in [2.45, 2.75) is 23.8 Å². The molecule has 1 amide bonds. The molecule has 5 rings (SSSR count). The van der Waals surface area contributed by atoms with E-state index in [1.807, 2.05) is 18.2 Å².